The van der Waals surface area contributed by atoms with E-state index in [1.165, 1.54) is 6.07 Å². The molecule has 2 aliphatic carbocycles. The number of fused-ring (bicyclic) bond motifs is 2. The van der Waals surface area contributed by atoms with Crippen molar-refractivity contribution in [1.29, 1.82) is 0 Å². The Bertz CT molecular complexity index is 1100. The summed E-state index contributed by atoms with van der Waals surface area (Å²) < 4.78 is 33.0. The van der Waals surface area contributed by atoms with Gasteiger partial charge in [0.25, 0.3) is 10.1 Å². The predicted molar refractivity (Wildman–Crippen MR) is 102 cm³/mol. The first-order valence-corrected chi connectivity index (χ1v) is 9.56. The van der Waals surface area contributed by atoms with Gasteiger partial charge in [-0.1, -0.05) is 60.7 Å². The van der Waals surface area contributed by atoms with Crippen molar-refractivity contribution >= 4 is 33.4 Å². The van der Waals surface area contributed by atoms with Crippen molar-refractivity contribution < 1.29 is 18.1 Å². The lowest BCUT2D eigenvalue weighted by atomic mass is 9.79. The third-order valence-electron chi connectivity index (χ3n) is 4.73. The van der Waals surface area contributed by atoms with Crippen LogP contribution in [0.2, 0.25) is 0 Å². The summed E-state index contributed by atoms with van der Waals surface area (Å²) in [4.78, 5) is -0.176. The van der Waals surface area contributed by atoms with E-state index in [2.05, 4.69) is 0 Å². The molecule has 0 fully saturated rings. The number of aliphatic hydroxyl groups is 1. The molecule has 2 aliphatic rings. The van der Waals surface area contributed by atoms with E-state index in [0.717, 1.165) is 11.1 Å². The molecular weight excluding hydrogens is 350 g/mol. The monoisotopic (exact) mass is 367 g/mol. The summed E-state index contributed by atoms with van der Waals surface area (Å²) in [6.45, 7) is 0. The Balaban J connectivity index is 2.07. The second kappa shape index (κ2) is 6.03. The SMILES string of the molecule is NC1C=Cc2c(cccc2S(=O)(=O)O)C1=C1c2ccccc2C=CC1O. The summed E-state index contributed by atoms with van der Waals surface area (Å²) in [7, 11) is -4.38. The van der Waals surface area contributed by atoms with Crippen LogP contribution in [0.15, 0.2) is 59.5 Å². The fourth-order valence-electron chi connectivity index (χ4n) is 3.62. The molecule has 2 aromatic rings. The molecule has 0 bridgehead atoms. The second-order valence-electron chi connectivity index (χ2n) is 6.30. The molecule has 0 heterocycles. The molecule has 0 saturated heterocycles. The quantitative estimate of drug-likeness (QED) is 0.673. The van der Waals surface area contributed by atoms with E-state index in [1.54, 1.807) is 30.4 Å². The highest BCUT2D eigenvalue weighted by atomic mass is 32.2. The zero-order valence-electron chi connectivity index (χ0n) is 13.7. The van der Waals surface area contributed by atoms with Crippen LogP contribution >= 0.6 is 0 Å². The third-order valence-corrected chi connectivity index (χ3v) is 5.64. The Labute approximate surface area is 151 Å². The Morgan fingerprint density at radius 3 is 2.38 bits per heavy atom. The predicted octanol–water partition coefficient (Wildman–Crippen LogP) is 2.59. The van der Waals surface area contributed by atoms with Gasteiger partial charge in [-0.25, -0.2) is 0 Å². The van der Waals surface area contributed by atoms with E-state index in [4.69, 9.17) is 5.73 Å². The number of aliphatic hydroxyl groups excluding tert-OH is 1. The number of hydrogen-bond donors (Lipinski definition) is 3. The van der Waals surface area contributed by atoms with Crippen LogP contribution in [0.25, 0.3) is 23.3 Å². The van der Waals surface area contributed by atoms with Gasteiger partial charge < -0.3 is 10.8 Å². The summed E-state index contributed by atoms with van der Waals surface area (Å²) in [6.07, 6.45) is 5.95. The van der Waals surface area contributed by atoms with Gasteiger partial charge in [-0.3, -0.25) is 4.55 Å². The van der Waals surface area contributed by atoms with Crippen LogP contribution in [-0.2, 0) is 10.1 Å². The van der Waals surface area contributed by atoms with Gasteiger partial charge in [-0.2, -0.15) is 8.42 Å². The van der Waals surface area contributed by atoms with Crippen molar-refractivity contribution in [3.63, 3.8) is 0 Å². The van der Waals surface area contributed by atoms with E-state index in [9.17, 15) is 18.1 Å². The minimum atomic E-state index is -4.38. The Morgan fingerprint density at radius 1 is 0.885 bits per heavy atom. The molecule has 0 aliphatic heterocycles. The molecule has 132 valence electrons. The van der Waals surface area contributed by atoms with Crippen LogP contribution in [0.4, 0.5) is 0 Å². The van der Waals surface area contributed by atoms with E-state index in [1.807, 2.05) is 30.3 Å². The highest BCUT2D eigenvalue weighted by molar-refractivity contribution is 7.86. The Kier molecular flexibility index (Phi) is 3.93. The molecule has 2 aromatic carbocycles. The molecule has 4 N–H and O–H groups in total. The van der Waals surface area contributed by atoms with Gasteiger partial charge in [0.2, 0.25) is 0 Å². The van der Waals surface area contributed by atoms with Crippen LogP contribution in [0.3, 0.4) is 0 Å². The molecule has 2 atom stereocenters. The molecular formula is C20H17NO4S. The lowest BCUT2D eigenvalue weighted by molar-refractivity contribution is 0.280. The molecule has 2 unspecified atom stereocenters. The van der Waals surface area contributed by atoms with Gasteiger partial charge in [0, 0.05) is 11.6 Å². The van der Waals surface area contributed by atoms with Crippen LogP contribution in [0, 0.1) is 0 Å². The highest BCUT2D eigenvalue weighted by Crippen LogP contribution is 2.41. The average Bonchev–Trinajstić information content (AvgIpc) is 2.61. The minimum absolute atomic E-state index is 0.176. The van der Waals surface area contributed by atoms with Gasteiger partial charge in [0.1, 0.15) is 4.90 Å². The summed E-state index contributed by atoms with van der Waals surface area (Å²) in [6, 6.07) is 11.8. The smallest absolute Gasteiger partial charge is 0.295 e. The minimum Gasteiger partial charge on any atom is -0.384 e. The standard InChI is InChI=1S/C20H17NO4S/c21-16-10-9-14-15(6-3-7-18(14)26(23,24)25)19(16)20-13-5-2-1-4-12(13)8-11-17(20)22/h1-11,16-17,22H,21H2,(H,23,24,25). The molecule has 6 heteroatoms. The van der Waals surface area contributed by atoms with E-state index in [-0.39, 0.29) is 4.90 Å². The summed E-state index contributed by atoms with van der Waals surface area (Å²) in [5.41, 5.74) is 10.4. The van der Waals surface area contributed by atoms with Crippen molar-refractivity contribution in [2.45, 2.75) is 17.0 Å². The van der Waals surface area contributed by atoms with E-state index >= 15 is 0 Å². The van der Waals surface area contributed by atoms with Crippen molar-refractivity contribution in [3.05, 3.63) is 76.9 Å². The van der Waals surface area contributed by atoms with Crippen LogP contribution < -0.4 is 5.73 Å². The van der Waals surface area contributed by atoms with Gasteiger partial charge in [-0.05, 0) is 33.9 Å². The van der Waals surface area contributed by atoms with Gasteiger partial charge >= 0.3 is 0 Å². The lowest BCUT2D eigenvalue weighted by Crippen LogP contribution is -2.26. The van der Waals surface area contributed by atoms with Crippen molar-refractivity contribution in [2.75, 3.05) is 0 Å². The molecule has 0 amide bonds. The Hall–Kier alpha value is -2.51. The van der Waals surface area contributed by atoms with Crippen LogP contribution in [0.1, 0.15) is 22.3 Å². The molecule has 4 rings (SSSR count). The lowest BCUT2D eigenvalue weighted by Gasteiger charge is -2.29. The molecule has 0 spiro atoms. The number of benzene rings is 2. The van der Waals surface area contributed by atoms with Gasteiger partial charge in [-0.15, -0.1) is 0 Å². The van der Waals surface area contributed by atoms with Crippen molar-refractivity contribution in [2.24, 2.45) is 5.73 Å². The second-order valence-corrected chi connectivity index (χ2v) is 7.69. The van der Waals surface area contributed by atoms with Crippen molar-refractivity contribution in [1.82, 2.24) is 0 Å². The van der Waals surface area contributed by atoms with E-state index < -0.39 is 22.3 Å². The van der Waals surface area contributed by atoms with Crippen LogP contribution in [0.5, 0.6) is 0 Å². The van der Waals surface area contributed by atoms with Gasteiger partial charge in [0.05, 0.1) is 6.10 Å². The number of hydrogen-bond acceptors (Lipinski definition) is 4. The number of nitrogens with two attached hydrogens (primary N) is 1. The third kappa shape index (κ3) is 2.64. The maximum atomic E-state index is 11.7. The zero-order valence-corrected chi connectivity index (χ0v) is 14.5. The first kappa shape index (κ1) is 16.9. The first-order valence-electron chi connectivity index (χ1n) is 8.12. The maximum Gasteiger partial charge on any atom is 0.295 e. The summed E-state index contributed by atoms with van der Waals surface area (Å²) in [5.74, 6) is 0. The first-order chi connectivity index (χ1) is 12.4. The zero-order chi connectivity index (χ0) is 18.5. The highest BCUT2D eigenvalue weighted by Gasteiger charge is 2.29. The fraction of sp³-hybridized carbons (Fsp3) is 0.100. The molecule has 26 heavy (non-hydrogen) atoms. The Morgan fingerprint density at radius 2 is 1.62 bits per heavy atom. The van der Waals surface area contributed by atoms with Gasteiger partial charge in [0.15, 0.2) is 0 Å². The largest absolute Gasteiger partial charge is 0.384 e. The molecule has 0 aromatic heterocycles. The normalized spacial score (nSPS) is 24.3. The fourth-order valence-corrected chi connectivity index (χ4v) is 4.32. The van der Waals surface area contributed by atoms with Crippen molar-refractivity contribution in [3.8, 4) is 0 Å². The van der Waals surface area contributed by atoms with E-state index in [0.29, 0.717) is 22.3 Å². The molecule has 0 saturated carbocycles. The number of rotatable bonds is 1. The summed E-state index contributed by atoms with van der Waals surface area (Å²) in [5, 5.41) is 10.6. The maximum absolute atomic E-state index is 11.7. The molecule has 0 radical (unpaired) electrons. The topological polar surface area (TPSA) is 101 Å². The average molecular weight is 367 g/mol. The van der Waals surface area contributed by atoms with Crippen LogP contribution in [-0.4, -0.2) is 30.2 Å². The summed E-state index contributed by atoms with van der Waals surface area (Å²) >= 11 is 0. The molecule has 5 nitrogen and oxygen atoms in total.